The highest BCUT2D eigenvalue weighted by Gasteiger charge is 2.42. The van der Waals surface area contributed by atoms with Gasteiger partial charge in [0.15, 0.2) is 0 Å². The van der Waals surface area contributed by atoms with Gasteiger partial charge in [0, 0.05) is 41.5 Å². The van der Waals surface area contributed by atoms with Gasteiger partial charge in [0.05, 0.1) is 18.7 Å². The Balaban J connectivity index is 1.46. The van der Waals surface area contributed by atoms with Crippen LogP contribution >= 0.6 is 11.9 Å². The summed E-state index contributed by atoms with van der Waals surface area (Å²) < 4.78 is 8.67. The molecule has 1 aliphatic carbocycles. The molecular weight excluding hydrogens is 360 g/mol. The van der Waals surface area contributed by atoms with Crippen molar-refractivity contribution in [3.63, 3.8) is 0 Å². The summed E-state index contributed by atoms with van der Waals surface area (Å²) in [7, 11) is 1.89. The molecular formula is C20H26N4O2S. The second kappa shape index (κ2) is 6.51. The maximum absolute atomic E-state index is 10.1. The largest absolute Gasteiger partial charge is 0.380 e. The summed E-state index contributed by atoms with van der Waals surface area (Å²) >= 11 is 1.50. The number of anilines is 2. The average Bonchev–Trinajstić information content (AvgIpc) is 3.42. The second-order valence-corrected chi connectivity index (χ2v) is 9.05. The monoisotopic (exact) mass is 386 g/mol. The zero-order chi connectivity index (χ0) is 18.5. The van der Waals surface area contributed by atoms with E-state index in [2.05, 4.69) is 33.1 Å². The van der Waals surface area contributed by atoms with Crippen LogP contribution in [0.3, 0.4) is 0 Å². The summed E-state index contributed by atoms with van der Waals surface area (Å²) in [6.45, 7) is 3.95. The van der Waals surface area contributed by atoms with E-state index in [1.165, 1.54) is 35.9 Å². The van der Waals surface area contributed by atoms with Crippen molar-refractivity contribution >= 4 is 34.4 Å². The maximum atomic E-state index is 10.1. The number of hydrogen-bond acceptors (Lipinski definition) is 7. The highest BCUT2D eigenvalue weighted by atomic mass is 32.2. The van der Waals surface area contributed by atoms with Crippen molar-refractivity contribution in [3.05, 3.63) is 24.3 Å². The fraction of sp³-hybridized carbons (Fsp3) is 0.550. The molecule has 1 aromatic heterocycles. The highest BCUT2D eigenvalue weighted by molar-refractivity contribution is 7.97. The van der Waals surface area contributed by atoms with Crippen molar-refractivity contribution in [3.8, 4) is 0 Å². The zero-order valence-electron chi connectivity index (χ0n) is 15.6. The minimum Gasteiger partial charge on any atom is -0.380 e. The van der Waals surface area contributed by atoms with Gasteiger partial charge >= 0.3 is 0 Å². The van der Waals surface area contributed by atoms with Crippen molar-refractivity contribution in [1.82, 2.24) is 9.71 Å². The summed E-state index contributed by atoms with van der Waals surface area (Å²) in [5.74, 6) is 0.869. The van der Waals surface area contributed by atoms with Gasteiger partial charge in [-0.05, 0) is 61.9 Å². The average molecular weight is 387 g/mol. The van der Waals surface area contributed by atoms with Gasteiger partial charge in [0.25, 0.3) is 0 Å². The Morgan fingerprint density at radius 1 is 1.15 bits per heavy atom. The Kier molecular flexibility index (Phi) is 4.23. The molecule has 5 rings (SSSR count). The molecule has 7 heteroatoms. The molecule has 0 radical (unpaired) electrons. The summed E-state index contributed by atoms with van der Waals surface area (Å²) in [4.78, 5) is 8.34. The standard InChI is InChI=1S/C20H26N4O2S/c1-21-18-3-2-15-16(22-18)10-14(27-23-20(25)4-5-20)11-17(15)24-8-6-19(7-9-24)12-26-13-19/h2-3,10-11,23,25H,4-9,12-13H2,1H3,(H,21,22). The summed E-state index contributed by atoms with van der Waals surface area (Å²) in [6, 6.07) is 8.54. The Morgan fingerprint density at radius 3 is 2.56 bits per heavy atom. The van der Waals surface area contributed by atoms with Crippen molar-refractivity contribution in [2.24, 2.45) is 5.41 Å². The lowest BCUT2D eigenvalue weighted by Crippen LogP contribution is -2.51. The molecule has 1 saturated carbocycles. The van der Waals surface area contributed by atoms with Gasteiger partial charge in [0.2, 0.25) is 0 Å². The third kappa shape index (κ3) is 3.38. The van der Waals surface area contributed by atoms with Gasteiger partial charge in [0.1, 0.15) is 11.5 Å². The maximum Gasteiger partial charge on any atom is 0.126 e. The molecule has 0 bridgehead atoms. The topological polar surface area (TPSA) is 69.7 Å². The first-order valence-corrected chi connectivity index (χ1v) is 10.5. The minimum atomic E-state index is -0.693. The molecule has 3 N–H and O–H groups in total. The van der Waals surface area contributed by atoms with Crippen LogP contribution in [0.4, 0.5) is 11.5 Å². The third-order valence-corrected chi connectivity index (χ3v) is 7.03. The SMILES string of the molecule is CNc1ccc2c(N3CCC4(CC3)COC4)cc(SNC3(O)CC3)cc2n1. The quantitative estimate of drug-likeness (QED) is 0.539. The number of piperidine rings is 1. The van der Waals surface area contributed by atoms with Crippen molar-refractivity contribution in [1.29, 1.82) is 0 Å². The van der Waals surface area contributed by atoms with Crippen LogP contribution in [0, 0.1) is 5.41 Å². The van der Waals surface area contributed by atoms with Crippen LogP contribution in [0.2, 0.25) is 0 Å². The number of aromatic nitrogens is 1. The fourth-order valence-electron chi connectivity index (χ4n) is 3.93. The van der Waals surface area contributed by atoms with Gasteiger partial charge in [-0.2, -0.15) is 0 Å². The van der Waals surface area contributed by atoms with Crippen LogP contribution in [0.25, 0.3) is 10.9 Å². The molecule has 2 saturated heterocycles. The van der Waals surface area contributed by atoms with Gasteiger partial charge in [-0.15, -0.1) is 0 Å². The number of benzene rings is 1. The summed E-state index contributed by atoms with van der Waals surface area (Å²) in [5, 5.41) is 14.4. The number of nitrogens with one attached hydrogen (secondary N) is 2. The van der Waals surface area contributed by atoms with E-state index in [0.717, 1.165) is 55.4 Å². The van der Waals surface area contributed by atoms with E-state index >= 15 is 0 Å². The fourth-order valence-corrected chi connectivity index (χ4v) is 4.78. The van der Waals surface area contributed by atoms with Gasteiger partial charge in [-0.25, -0.2) is 9.71 Å². The minimum absolute atomic E-state index is 0.424. The molecule has 6 nitrogen and oxygen atoms in total. The lowest BCUT2D eigenvalue weighted by Gasteiger charge is -2.48. The van der Waals surface area contributed by atoms with Crippen molar-refractivity contribution < 1.29 is 9.84 Å². The van der Waals surface area contributed by atoms with E-state index in [1.54, 1.807) is 0 Å². The van der Waals surface area contributed by atoms with Crippen LogP contribution in [-0.4, -0.2) is 49.2 Å². The molecule has 3 fully saturated rings. The number of ether oxygens (including phenoxy) is 1. The second-order valence-electron chi connectivity index (χ2n) is 8.17. The lowest BCUT2D eigenvalue weighted by molar-refractivity contribution is -0.124. The van der Waals surface area contributed by atoms with Crippen LogP contribution in [0.15, 0.2) is 29.2 Å². The number of hydrogen-bond donors (Lipinski definition) is 3. The van der Waals surface area contributed by atoms with Crippen LogP contribution in [0.5, 0.6) is 0 Å². The molecule has 144 valence electrons. The first kappa shape index (κ1) is 17.6. The first-order chi connectivity index (χ1) is 13.1. The van der Waals surface area contributed by atoms with Crippen molar-refractivity contribution in [2.75, 3.05) is 43.6 Å². The zero-order valence-corrected chi connectivity index (χ0v) is 16.4. The predicted molar refractivity (Wildman–Crippen MR) is 109 cm³/mol. The molecule has 0 amide bonds. The van der Waals surface area contributed by atoms with E-state index in [0.29, 0.717) is 5.41 Å². The number of nitrogens with zero attached hydrogens (tertiary/aromatic N) is 2. The third-order valence-electron chi connectivity index (χ3n) is 6.08. The highest BCUT2D eigenvalue weighted by Crippen LogP contribution is 2.42. The number of fused-ring (bicyclic) bond motifs is 1. The van der Waals surface area contributed by atoms with Crippen LogP contribution in [0.1, 0.15) is 25.7 Å². The number of aliphatic hydroxyl groups is 1. The Bertz CT molecular complexity index is 856. The van der Waals surface area contributed by atoms with E-state index in [-0.39, 0.29) is 0 Å². The molecule has 3 aliphatic rings. The van der Waals surface area contributed by atoms with Crippen molar-refractivity contribution in [2.45, 2.75) is 36.3 Å². The van der Waals surface area contributed by atoms with Gasteiger partial charge in [-0.1, -0.05) is 0 Å². The van der Waals surface area contributed by atoms with E-state index in [4.69, 9.17) is 9.72 Å². The van der Waals surface area contributed by atoms with E-state index in [1.807, 2.05) is 13.1 Å². The summed E-state index contributed by atoms with van der Waals surface area (Å²) in [6.07, 6.45) is 4.01. The molecule has 1 spiro atoms. The van der Waals surface area contributed by atoms with Crippen LogP contribution < -0.4 is 14.9 Å². The van der Waals surface area contributed by atoms with E-state index < -0.39 is 5.72 Å². The molecule has 2 aromatic rings. The Labute approximate surface area is 163 Å². The van der Waals surface area contributed by atoms with Gasteiger partial charge < -0.3 is 20.1 Å². The van der Waals surface area contributed by atoms with Crippen LogP contribution in [-0.2, 0) is 4.74 Å². The van der Waals surface area contributed by atoms with Gasteiger partial charge in [-0.3, -0.25) is 0 Å². The lowest BCUT2D eigenvalue weighted by atomic mass is 9.76. The molecule has 27 heavy (non-hydrogen) atoms. The van der Waals surface area contributed by atoms with E-state index in [9.17, 15) is 5.11 Å². The normalized spacial score (nSPS) is 22.7. The molecule has 1 aromatic carbocycles. The molecule has 2 aliphatic heterocycles. The number of pyridine rings is 1. The Morgan fingerprint density at radius 2 is 1.93 bits per heavy atom. The Hall–Kier alpha value is -1.54. The summed E-state index contributed by atoms with van der Waals surface area (Å²) in [5.41, 5.74) is 1.96. The number of rotatable bonds is 5. The smallest absolute Gasteiger partial charge is 0.126 e. The molecule has 3 heterocycles. The predicted octanol–water partition coefficient (Wildman–Crippen LogP) is 2.97. The first-order valence-electron chi connectivity index (χ1n) is 9.70. The molecule has 0 atom stereocenters. The molecule has 0 unspecified atom stereocenters.